The highest BCUT2D eigenvalue weighted by Crippen LogP contribution is 2.25. The van der Waals surface area contributed by atoms with E-state index in [2.05, 4.69) is 42.4 Å². The number of aliphatic hydroxyl groups excluding tert-OH is 1. The van der Waals surface area contributed by atoms with E-state index >= 15 is 0 Å². The Kier molecular flexibility index (Phi) is 5.88. The van der Waals surface area contributed by atoms with Crippen LogP contribution in [0.4, 0.5) is 0 Å². The molecule has 2 aromatic rings. The molecule has 1 amide bonds. The van der Waals surface area contributed by atoms with Gasteiger partial charge in [-0.3, -0.25) is 4.79 Å². The third-order valence-electron chi connectivity index (χ3n) is 3.06. The molecule has 0 saturated heterocycles. The van der Waals surface area contributed by atoms with Crippen LogP contribution < -0.4 is 5.43 Å². The first kappa shape index (κ1) is 16.9. The molecule has 0 aliphatic heterocycles. The van der Waals surface area contributed by atoms with Crippen molar-refractivity contribution in [1.29, 1.82) is 0 Å². The van der Waals surface area contributed by atoms with Crippen molar-refractivity contribution < 1.29 is 9.90 Å². The van der Waals surface area contributed by atoms with Gasteiger partial charge in [-0.05, 0) is 35.7 Å². The number of carbonyl (C=O) groups excluding carboxylic acids is 1. The Labute approximate surface area is 145 Å². The fourth-order valence-corrected chi connectivity index (χ4v) is 2.98. The summed E-state index contributed by atoms with van der Waals surface area (Å²) in [5, 5.41) is 13.8. The number of hydrogen-bond donors (Lipinski definition) is 2. The van der Waals surface area contributed by atoms with E-state index in [4.69, 9.17) is 0 Å². The molecular weight excluding hydrogens is 412 g/mol. The van der Waals surface area contributed by atoms with Gasteiger partial charge in [-0.25, -0.2) is 5.43 Å². The summed E-state index contributed by atoms with van der Waals surface area (Å²) in [5.74, 6) is -0.576. The second kappa shape index (κ2) is 7.67. The number of nitrogens with zero attached hydrogens (tertiary/aromatic N) is 1. The number of nitrogens with one attached hydrogen (secondary N) is 1. The summed E-state index contributed by atoms with van der Waals surface area (Å²) in [7, 11) is 0. The van der Waals surface area contributed by atoms with Gasteiger partial charge < -0.3 is 5.11 Å². The number of halogens is 2. The lowest BCUT2D eigenvalue weighted by Gasteiger charge is -2.08. The summed E-state index contributed by atoms with van der Waals surface area (Å²) < 4.78 is 1.89. The third-order valence-corrected chi connectivity index (χ3v) is 4.70. The molecule has 0 bridgehead atoms. The standard InChI is InChI=1S/C16H14Br2N2O2/c1-10-13(17)7-11(8-14(10)18)9-19-20-16(22)15(21)12-5-3-2-4-6-12/h2-9,15,21H,1H3,(H,20,22)/b19-9+. The highest BCUT2D eigenvalue weighted by Gasteiger charge is 2.15. The van der Waals surface area contributed by atoms with Crippen molar-refractivity contribution in [3.05, 3.63) is 68.1 Å². The monoisotopic (exact) mass is 424 g/mol. The van der Waals surface area contributed by atoms with E-state index in [1.807, 2.05) is 25.1 Å². The van der Waals surface area contributed by atoms with Crippen molar-refractivity contribution in [2.75, 3.05) is 0 Å². The van der Waals surface area contributed by atoms with Crippen molar-refractivity contribution in [2.45, 2.75) is 13.0 Å². The Bertz CT molecular complexity index is 680. The van der Waals surface area contributed by atoms with Crippen LogP contribution >= 0.6 is 31.9 Å². The second-order valence-corrected chi connectivity index (χ2v) is 6.37. The molecule has 2 aromatic carbocycles. The Morgan fingerprint density at radius 1 is 1.23 bits per heavy atom. The number of carbonyl (C=O) groups is 1. The van der Waals surface area contributed by atoms with Crippen LogP contribution in [0.25, 0.3) is 0 Å². The Morgan fingerprint density at radius 2 is 1.82 bits per heavy atom. The highest BCUT2D eigenvalue weighted by molar-refractivity contribution is 9.11. The summed E-state index contributed by atoms with van der Waals surface area (Å²) in [6.45, 7) is 1.98. The number of hydrazone groups is 1. The van der Waals surface area contributed by atoms with Crippen LogP contribution in [0.1, 0.15) is 22.8 Å². The fourth-order valence-electron chi connectivity index (χ4n) is 1.76. The molecule has 0 heterocycles. The smallest absolute Gasteiger partial charge is 0.273 e. The van der Waals surface area contributed by atoms with E-state index in [1.165, 1.54) is 6.21 Å². The lowest BCUT2D eigenvalue weighted by Crippen LogP contribution is -2.25. The predicted molar refractivity (Wildman–Crippen MR) is 93.7 cm³/mol. The van der Waals surface area contributed by atoms with Crippen LogP contribution in [0.2, 0.25) is 0 Å². The normalized spacial score (nSPS) is 12.4. The lowest BCUT2D eigenvalue weighted by molar-refractivity contribution is -0.129. The van der Waals surface area contributed by atoms with Crippen molar-refractivity contribution in [2.24, 2.45) is 5.10 Å². The van der Waals surface area contributed by atoms with Crippen molar-refractivity contribution in [3.63, 3.8) is 0 Å². The molecule has 4 nitrogen and oxygen atoms in total. The topological polar surface area (TPSA) is 61.7 Å². The molecule has 0 aliphatic carbocycles. The number of amides is 1. The van der Waals surface area contributed by atoms with Crippen LogP contribution in [-0.2, 0) is 4.79 Å². The van der Waals surface area contributed by atoms with Gasteiger partial charge in [0.05, 0.1) is 6.21 Å². The van der Waals surface area contributed by atoms with E-state index in [1.54, 1.807) is 24.3 Å². The maximum absolute atomic E-state index is 11.8. The first-order chi connectivity index (χ1) is 10.5. The van der Waals surface area contributed by atoms with Gasteiger partial charge >= 0.3 is 0 Å². The van der Waals surface area contributed by atoms with Crippen LogP contribution in [0.3, 0.4) is 0 Å². The van der Waals surface area contributed by atoms with Gasteiger partial charge in [-0.2, -0.15) is 5.10 Å². The van der Waals surface area contributed by atoms with Crippen molar-refractivity contribution in [1.82, 2.24) is 5.43 Å². The number of rotatable bonds is 4. The highest BCUT2D eigenvalue weighted by atomic mass is 79.9. The summed E-state index contributed by atoms with van der Waals surface area (Å²) >= 11 is 6.91. The van der Waals surface area contributed by atoms with Crippen molar-refractivity contribution in [3.8, 4) is 0 Å². The molecule has 22 heavy (non-hydrogen) atoms. The molecule has 0 spiro atoms. The maximum atomic E-state index is 11.8. The summed E-state index contributed by atoms with van der Waals surface area (Å²) in [5.41, 5.74) is 4.76. The molecule has 2 rings (SSSR count). The third kappa shape index (κ3) is 4.25. The zero-order valence-corrected chi connectivity index (χ0v) is 14.9. The minimum absolute atomic E-state index is 0.524. The molecule has 0 fully saturated rings. The molecule has 6 heteroatoms. The minimum Gasteiger partial charge on any atom is -0.378 e. The van der Waals surface area contributed by atoms with E-state index < -0.39 is 12.0 Å². The van der Waals surface area contributed by atoms with E-state index in [-0.39, 0.29) is 0 Å². The van der Waals surface area contributed by atoms with E-state index in [0.717, 1.165) is 20.1 Å². The molecule has 1 atom stereocenters. The molecular formula is C16H14Br2N2O2. The number of benzene rings is 2. The molecule has 0 aliphatic rings. The van der Waals surface area contributed by atoms with Gasteiger partial charge in [0.15, 0.2) is 6.10 Å². The number of aliphatic hydroxyl groups is 1. The van der Waals surface area contributed by atoms with E-state index in [9.17, 15) is 9.90 Å². The van der Waals surface area contributed by atoms with Gasteiger partial charge in [-0.15, -0.1) is 0 Å². The largest absolute Gasteiger partial charge is 0.378 e. The second-order valence-electron chi connectivity index (χ2n) is 4.66. The molecule has 1 unspecified atom stereocenters. The molecule has 114 valence electrons. The Hall–Kier alpha value is -1.50. The summed E-state index contributed by atoms with van der Waals surface area (Å²) in [4.78, 5) is 11.8. The first-order valence-electron chi connectivity index (χ1n) is 6.50. The Balaban J connectivity index is 2.02. The number of hydrogen-bond acceptors (Lipinski definition) is 3. The van der Waals surface area contributed by atoms with Gasteiger partial charge in [-0.1, -0.05) is 62.2 Å². The molecule has 2 N–H and O–H groups in total. The Morgan fingerprint density at radius 3 is 2.41 bits per heavy atom. The van der Waals surface area contributed by atoms with Crippen LogP contribution in [0.15, 0.2) is 56.5 Å². The minimum atomic E-state index is -1.24. The van der Waals surface area contributed by atoms with E-state index in [0.29, 0.717) is 5.56 Å². The molecule has 0 radical (unpaired) electrons. The van der Waals surface area contributed by atoms with Crippen LogP contribution in [0.5, 0.6) is 0 Å². The van der Waals surface area contributed by atoms with Gasteiger partial charge in [0, 0.05) is 8.95 Å². The molecule has 0 aromatic heterocycles. The molecule has 0 saturated carbocycles. The van der Waals surface area contributed by atoms with Gasteiger partial charge in [0.2, 0.25) is 0 Å². The zero-order valence-electron chi connectivity index (χ0n) is 11.8. The summed E-state index contributed by atoms with van der Waals surface area (Å²) in [6.07, 6.45) is 0.278. The average molecular weight is 426 g/mol. The average Bonchev–Trinajstić information content (AvgIpc) is 2.52. The summed E-state index contributed by atoms with van der Waals surface area (Å²) in [6, 6.07) is 12.5. The first-order valence-corrected chi connectivity index (χ1v) is 8.09. The van der Waals surface area contributed by atoms with Crippen LogP contribution in [-0.4, -0.2) is 17.2 Å². The van der Waals surface area contributed by atoms with Crippen LogP contribution in [0, 0.1) is 6.92 Å². The predicted octanol–water partition coefficient (Wildman–Crippen LogP) is 3.70. The lowest BCUT2D eigenvalue weighted by atomic mass is 10.1. The van der Waals surface area contributed by atoms with Crippen molar-refractivity contribution >= 4 is 44.0 Å². The SMILES string of the molecule is Cc1c(Br)cc(/C=N/NC(=O)C(O)c2ccccc2)cc1Br. The van der Waals surface area contributed by atoms with Gasteiger partial charge in [0.25, 0.3) is 5.91 Å². The zero-order chi connectivity index (χ0) is 16.1. The quantitative estimate of drug-likeness (QED) is 0.579. The maximum Gasteiger partial charge on any atom is 0.273 e. The van der Waals surface area contributed by atoms with Gasteiger partial charge in [0.1, 0.15) is 0 Å². The fraction of sp³-hybridized carbons (Fsp3) is 0.125.